The predicted molar refractivity (Wildman–Crippen MR) is 102 cm³/mol. The van der Waals surface area contributed by atoms with E-state index in [0.717, 1.165) is 30.5 Å². The van der Waals surface area contributed by atoms with Crippen LogP contribution in [0.2, 0.25) is 0 Å². The summed E-state index contributed by atoms with van der Waals surface area (Å²) in [4.78, 5) is 5.75. The van der Waals surface area contributed by atoms with Gasteiger partial charge in [-0.2, -0.15) is 0 Å². The number of hydrogen-bond donors (Lipinski definition) is 1. The highest BCUT2D eigenvalue weighted by Gasteiger charge is 2.17. The second kappa shape index (κ2) is 7.30. The Bertz CT molecular complexity index is 869. The molecule has 0 amide bonds. The van der Waals surface area contributed by atoms with Gasteiger partial charge in [0.05, 0.1) is 0 Å². The minimum atomic E-state index is -0.216. The van der Waals surface area contributed by atoms with Crippen molar-refractivity contribution in [1.82, 2.24) is 10.3 Å². The maximum Gasteiger partial charge on any atom is 0.123 e. The number of pyridine rings is 1. The standard InChI is InChI=1S/C21H19FN2S/c22-19-5-3-16(4-6-19)18-10-15(13-23-14-18)11-20-12-17(7-8-24-20)21-2-1-9-25-21/h1-7,9-10,13-14,20,24H,8,11-12H2. The summed E-state index contributed by atoms with van der Waals surface area (Å²) in [6.07, 6.45) is 8.02. The Labute approximate surface area is 151 Å². The van der Waals surface area contributed by atoms with Crippen LogP contribution in [0, 0.1) is 5.82 Å². The van der Waals surface area contributed by atoms with Gasteiger partial charge < -0.3 is 5.32 Å². The predicted octanol–water partition coefficient (Wildman–Crippen LogP) is 4.94. The Balaban J connectivity index is 1.49. The van der Waals surface area contributed by atoms with Gasteiger partial charge in [-0.05, 0) is 59.2 Å². The Hall–Kier alpha value is -2.30. The molecule has 25 heavy (non-hydrogen) atoms. The van der Waals surface area contributed by atoms with Crippen molar-refractivity contribution in [2.75, 3.05) is 6.54 Å². The molecule has 3 aromatic rings. The van der Waals surface area contributed by atoms with Crippen molar-refractivity contribution < 1.29 is 4.39 Å². The fraction of sp³-hybridized carbons (Fsp3) is 0.190. The van der Waals surface area contributed by atoms with Crippen LogP contribution in [0.3, 0.4) is 0 Å². The first-order valence-corrected chi connectivity index (χ1v) is 9.32. The molecule has 0 spiro atoms. The summed E-state index contributed by atoms with van der Waals surface area (Å²) in [5.74, 6) is -0.216. The van der Waals surface area contributed by atoms with Gasteiger partial charge in [0.1, 0.15) is 5.82 Å². The summed E-state index contributed by atoms with van der Waals surface area (Å²) in [5, 5.41) is 5.71. The van der Waals surface area contributed by atoms with Gasteiger partial charge in [0, 0.05) is 35.4 Å². The monoisotopic (exact) mass is 350 g/mol. The average Bonchev–Trinajstić information content (AvgIpc) is 3.18. The van der Waals surface area contributed by atoms with Crippen molar-refractivity contribution in [3.63, 3.8) is 0 Å². The maximum atomic E-state index is 13.1. The second-order valence-electron chi connectivity index (χ2n) is 6.31. The highest BCUT2D eigenvalue weighted by Crippen LogP contribution is 2.28. The minimum absolute atomic E-state index is 0.216. The lowest BCUT2D eigenvalue weighted by Crippen LogP contribution is -2.34. The van der Waals surface area contributed by atoms with Gasteiger partial charge >= 0.3 is 0 Å². The van der Waals surface area contributed by atoms with Gasteiger partial charge in [0.2, 0.25) is 0 Å². The molecule has 1 unspecified atom stereocenters. The van der Waals surface area contributed by atoms with E-state index in [1.165, 1.54) is 28.1 Å². The number of benzene rings is 1. The van der Waals surface area contributed by atoms with Gasteiger partial charge in [-0.3, -0.25) is 4.98 Å². The van der Waals surface area contributed by atoms with E-state index in [2.05, 4.69) is 40.0 Å². The molecule has 1 atom stereocenters. The molecule has 1 N–H and O–H groups in total. The summed E-state index contributed by atoms with van der Waals surface area (Å²) in [6, 6.07) is 13.4. The van der Waals surface area contributed by atoms with Gasteiger partial charge in [-0.25, -0.2) is 4.39 Å². The van der Waals surface area contributed by atoms with Crippen LogP contribution in [-0.4, -0.2) is 17.6 Å². The molecule has 3 heterocycles. The zero-order chi connectivity index (χ0) is 17.1. The Morgan fingerprint density at radius 2 is 2.00 bits per heavy atom. The van der Waals surface area contributed by atoms with E-state index < -0.39 is 0 Å². The van der Waals surface area contributed by atoms with Crippen molar-refractivity contribution >= 4 is 16.9 Å². The third-order valence-electron chi connectivity index (χ3n) is 4.51. The number of halogens is 1. The average molecular weight is 350 g/mol. The molecule has 1 aliphatic rings. The first kappa shape index (κ1) is 16.2. The number of hydrogen-bond acceptors (Lipinski definition) is 3. The van der Waals surface area contributed by atoms with Crippen molar-refractivity contribution in [2.24, 2.45) is 0 Å². The quantitative estimate of drug-likeness (QED) is 0.721. The molecule has 0 aliphatic carbocycles. The second-order valence-corrected chi connectivity index (χ2v) is 7.26. The summed E-state index contributed by atoms with van der Waals surface area (Å²) < 4.78 is 13.1. The van der Waals surface area contributed by atoms with Crippen LogP contribution in [0.4, 0.5) is 4.39 Å². The Morgan fingerprint density at radius 3 is 2.80 bits per heavy atom. The van der Waals surface area contributed by atoms with E-state index in [1.54, 1.807) is 23.5 Å². The number of aromatic nitrogens is 1. The molecule has 0 bridgehead atoms. The molecular weight excluding hydrogens is 331 g/mol. The molecule has 2 aromatic heterocycles. The molecule has 2 nitrogen and oxygen atoms in total. The smallest absolute Gasteiger partial charge is 0.123 e. The van der Waals surface area contributed by atoms with Crippen LogP contribution < -0.4 is 5.32 Å². The SMILES string of the molecule is Fc1ccc(-c2cncc(CC3CC(c4cccs4)=CCN3)c2)cc1. The van der Waals surface area contributed by atoms with Crippen molar-refractivity contribution in [3.05, 3.63) is 82.6 Å². The van der Waals surface area contributed by atoms with Crippen molar-refractivity contribution in [3.8, 4) is 11.1 Å². The molecule has 126 valence electrons. The fourth-order valence-electron chi connectivity index (χ4n) is 3.26. The summed E-state index contributed by atoms with van der Waals surface area (Å²) in [6.45, 7) is 0.906. The highest BCUT2D eigenvalue weighted by molar-refractivity contribution is 7.11. The minimum Gasteiger partial charge on any atom is -0.310 e. The van der Waals surface area contributed by atoms with Crippen molar-refractivity contribution in [2.45, 2.75) is 18.9 Å². The van der Waals surface area contributed by atoms with E-state index in [4.69, 9.17) is 0 Å². The zero-order valence-electron chi connectivity index (χ0n) is 13.8. The van der Waals surface area contributed by atoms with Gasteiger partial charge in [-0.15, -0.1) is 11.3 Å². The molecule has 0 saturated carbocycles. The lowest BCUT2D eigenvalue weighted by Gasteiger charge is -2.24. The number of nitrogens with zero attached hydrogens (tertiary/aromatic N) is 1. The van der Waals surface area contributed by atoms with E-state index in [9.17, 15) is 4.39 Å². The van der Waals surface area contributed by atoms with E-state index in [-0.39, 0.29) is 5.82 Å². The van der Waals surface area contributed by atoms with E-state index in [1.807, 2.05) is 12.4 Å². The molecule has 0 radical (unpaired) electrons. The zero-order valence-corrected chi connectivity index (χ0v) is 14.6. The molecule has 4 heteroatoms. The summed E-state index contributed by atoms with van der Waals surface area (Å²) in [7, 11) is 0. The van der Waals surface area contributed by atoms with Crippen molar-refractivity contribution in [1.29, 1.82) is 0 Å². The van der Waals surface area contributed by atoms with Crippen LogP contribution in [0.25, 0.3) is 16.7 Å². The summed E-state index contributed by atoms with van der Waals surface area (Å²) >= 11 is 1.80. The topological polar surface area (TPSA) is 24.9 Å². The largest absolute Gasteiger partial charge is 0.310 e. The third-order valence-corrected chi connectivity index (χ3v) is 5.46. The Kier molecular flexibility index (Phi) is 4.72. The molecule has 4 rings (SSSR count). The number of thiophene rings is 1. The first-order valence-electron chi connectivity index (χ1n) is 8.44. The first-order chi connectivity index (χ1) is 12.3. The molecule has 0 saturated heterocycles. The molecule has 1 aromatic carbocycles. The highest BCUT2D eigenvalue weighted by atomic mass is 32.1. The van der Waals surface area contributed by atoms with Crippen LogP contribution >= 0.6 is 11.3 Å². The fourth-order valence-corrected chi connectivity index (χ4v) is 4.04. The normalized spacial score (nSPS) is 17.3. The van der Waals surface area contributed by atoms with Crippen LogP contribution in [0.1, 0.15) is 16.9 Å². The molecule has 0 fully saturated rings. The van der Waals surface area contributed by atoms with Gasteiger partial charge in [0.15, 0.2) is 0 Å². The maximum absolute atomic E-state index is 13.1. The van der Waals surface area contributed by atoms with Crippen LogP contribution in [-0.2, 0) is 6.42 Å². The lowest BCUT2D eigenvalue weighted by atomic mass is 9.95. The van der Waals surface area contributed by atoms with Gasteiger partial charge in [0.25, 0.3) is 0 Å². The van der Waals surface area contributed by atoms with Crippen LogP contribution in [0.5, 0.6) is 0 Å². The summed E-state index contributed by atoms with van der Waals surface area (Å²) in [5.41, 5.74) is 4.65. The molecule has 1 aliphatic heterocycles. The Morgan fingerprint density at radius 1 is 1.12 bits per heavy atom. The van der Waals surface area contributed by atoms with Crippen LogP contribution in [0.15, 0.2) is 66.3 Å². The lowest BCUT2D eigenvalue weighted by molar-refractivity contribution is 0.533. The third kappa shape index (κ3) is 3.86. The molecular formula is C21H19FN2S. The van der Waals surface area contributed by atoms with E-state index >= 15 is 0 Å². The van der Waals surface area contributed by atoms with E-state index in [0.29, 0.717) is 6.04 Å². The number of nitrogens with one attached hydrogen (secondary N) is 1. The van der Waals surface area contributed by atoms with Gasteiger partial charge in [-0.1, -0.05) is 24.3 Å². The number of rotatable bonds is 4.